The zero-order valence-electron chi connectivity index (χ0n) is 11.0. The van der Waals surface area contributed by atoms with E-state index < -0.39 is 0 Å². The lowest BCUT2D eigenvalue weighted by atomic mass is 10.2. The Morgan fingerprint density at radius 2 is 2.05 bits per heavy atom. The number of hydrogen-bond acceptors (Lipinski definition) is 5. The van der Waals surface area contributed by atoms with Crippen molar-refractivity contribution in [3.63, 3.8) is 0 Å². The molecule has 1 aromatic rings. The van der Waals surface area contributed by atoms with Crippen LogP contribution in [-0.4, -0.2) is 61.5 Å². The van der Waals surface area contributed by atoms with E-state index in [2.05, 4.69) is 9.64 Å². The predicted octanol–water partition coefficient (Wildman–Crippen LogP) is 1.07. The van der Waals surface area contributed by atoms with E-state index in [4.69, 9.17) is 0 Å². The fourth-order valence-corrected chi connectivity index (χ4v) is 2.72. The average molecular weight is 282 g/mol. The standard InChI is InChI=1S/C13H18N2O3S/c1-18-12(16)2-4-14-5-7-15(8-6-14)13(17)11-3-9-19-10-11/h3,9-10H,2,4-8H2,1H3. The van der Waals surface area contributed by atoms with Gasteiger partial charge in [-0.2, -0.15) is 11.3 Å². The molecule has 0 aliphatic carbocycles. The van der Waals surface area contributed by atoms with Crippen molar-refractivity contribution in [3.8, 4) is 0 Å². The molecule has 1 saturated heterocycles. The van der Waals surface area contributed by atoms with Gasteiger partial charge >= 0.3 is 5.97 Å². The molecule has 1 aromatic heterocycles. The van der Waals surface area contributed by atoms with Crippen molar-refractivity contribution < 1.29 is 14.3 Å². The van der Waals surface area contributed by atoms with E-state index in [0.29, 0.717) is 13.0 Å². The van der Waals surface area contributed by atoms with Crippen LogP contribution in [0.15, 0.2) is 16.8 Å². The number of carbonyl (C=O) groups is 2. The minimum Gasteiger partial charge on any atom is -0.469 e. The Bertz CT molecular complexity index is 425. The second-order valence-corrected chi connectivity index (χ2v) is 5.25. The van der Waals surface area contributed by atoms with Gasteiger partial charge < -0.3 is 9.64 Å². The highest BCUT2D eigenvalue weighted by Crippen LogP contribution is 2.12. The number of hydrogen-bond donors (Lipinski definition) is 0. The summed E-state index contributed by atoms with van der Waals surface area (Å²) in [5.41, 5.74) is 0.771. The first kappa shape index (κ1) is 14.0. The van der Waals surface area contributed by atoms with Gasteiger partial charge in [-0.1, -0.05) is 0 Å². The third-order valence-electron chi connectivity index (χ3n) is 3.29. The number of esters is 1. The summed E-state index contributed by atoms with van der Waals surface area (Å²) < 4.78 is 4.62. The summed E-state index contributed by atoms with van der Waals surface area (Å²) in [6.45, 7) is 3.76. The number of ether oxygens (including phenoxy) is 1. The Morgan fingerprint density at radius 3 is 2.63 bits per heavy atom. The quantitative estimate of drug-likeness (QED) is 0.775. The number of amides is 1. The zero-order chi connectivity index (χ0) is 13.7. The first-order chi connectivity index (χ1) is 9.20. The molecule has 0 N–H and O–H groups in total. The number of methoxy groups -OCH3 is 1. The van der Waals surface area contributed by atoms with Crippen molar-refractivity contribution in [3.05, 3.63) is 22.4 Å². The first-order valence-corrected chi connectivity index (χ1v) is 7.25. The van der Waals surface area contributed by atoms with Crippen LogP contribution in [-0.2, 0) is 9.53 Å². The maximum Gasteiger partial charge on any atom is 0.306 e. The minimum atomic E-state index is -0.184. The lowest BCUT2D eigenvalue weighted by molar-refractivity contribution is -0.141. The SMILES string of the molecule is COC(=O)CCN1CCN(C(=O)c2ccsc2)CC1. The maximum absolute atomic E-state index is 12.1. The number of nitrogens with zero attached hydrogens (tertiary/aromatic N) is 2. The van der Waals surface area contributed by atoms with Gasteiger partial charge in [0.2, 0.25) is 0 Å². The second kappa shape index (κ2) is 6.68. The van der Waals surface area contributed by atoms with Crippen LogP contribution >= 0.6 is 11.3 Å². The molecule has 0 saturated carbocycles. The molecular formula is C13H18N2O3S. The summed E-state index contributed by atoms with van der Waals surface area (Å²) in [6.07, 6.45) is 0.412. The third kappa shape index (κ3) is 3.78. The second-order valence-electron chi connectivity index (χ2n) is 4.47. The van der Waals surface area contributed by atoms with Crippen LogP contribution in [0, 0.1) is 0 Å². The minimum absolute atomic E-state index is 0.105. The Morgan fingerprint density at radius 1 is 1.32 bits per heavy atom. The van der Waals surface area contributed by atoms with Crippen molar-refractivity contribution in [2.75, 3.05) is 39.8 Å². The molecule has 0 atom stereocenters. The van der Waals surface area contributed by atoms with Gasteiger partial charge in [0.1, 0.15) is 0 Å². The molecule has 1 aliphatic rings. The van der Waals surface area contributed by atoms with Gasteiger partial charge in [0.15, 0.2) is 0 Å². The third-order valence-corrected chi connectivity index (χ3v) is 3.97. The van der Waals surface area contributed by atoms with Gasteiger partial charge in [-0.3, -0.25) is 14.5 Å². The summed E-state index contributed by atoms with van der Waals surface area (Å²) in [5.74, 6) is -0.0781. The molecule has 0 bridgehead atoms. The van der Waals surface area contributed by atoms with E-state index in [1.165, 1.54) is 18.4 Å². The van der Waals surface area contributed by atoms with Crippen molar-refractivity contribution in [1.82, 2.24) is 9.80 Å². The molecule has 6 heteroatoms. The number of carbonyl (C=O) groups excluding carboxylic acids is 2. The van der Waals surface area contributed by atoms with Crippen LogP contribution in [0.3, 0.4) is 0 Å². The average Bonchev–Trinajstić information content (AvgIpc) is 2.98. The normalized spacial score (nSPS) is 16.4. The molecule has 2 heterocycles. The molecule has 5 nitrogen and oxygen atoms in total. The van der Waals surface area contributed by atoms with Crippen LogP contribution < -0.4 is 0 Å². The number of thiophene rings is 1. The molecule has 1 aliphatic heterocycles. The van der Waals surface area contributed by atoms with Crippen molar-refractivity contribution in [2.24, 2.45) is 0 Å². The number of piperazine rings is 1. The highest BCUT2D eigenvalue weighted by atomic mass is 32.1. The molecule has 19 heavy (non-hydrogen) atoms. The van der Waals surface area contributed by atoms with E-state index in [1.54, 1.807) is 0 Å². The summed E-state index contributed by atoms with van der Waals surface area (Å²) in [6, 6.07) is 1.86. The van der Waals surface area contributed by atoms with Gasteiger partial charge in [0, 0.05) is 38.1 Å². The molecule has 0 radical (unpaired) electrons. The van der Waals surface area contributed by atoms with Gasteiger partial charge in [-0.25, -0.2) is 0 Å². The van der Waals surface area contributed by atoms with Crippen molar-refractivity contribution in [1.29, 1.82) is 0 Å². The fraction of sp³-hybridized carbons (Fsp3) is 0.538. The van der Waals surface area contributed by atoms with E-state index in [0.717, 1.165) is 31.7 Å². The Hall–Kier alpha value is -1.40. The van der Waals surface area contributed by atoms with Gasteiger partial charge in [-0.05, 0) is 11.4 Å². The van der Waals surface area contributed by atoms with E-state index >= 15 is 0 Å². The molecule has 0 unspecified atom stereocenters. The van der Waals surface area contributed by atoms with E-state index in [-0.39, 0.29) is 11.9 Å². The summed E-state index contributed by atoms with van der Waals surface area (Å²) in [7, 11) is 1.40. The van der Waals surface area contributed by atoms with Gasteiger partial charge in [-0.15, -0.1) is 0 Å². The maximum atomic E-state index is 12.1. The van der Waals surface area contributed by atoms with Gasteiger partial charge in [0.25, 0.3) is 5.91 Å². The van der Waals surface area contributed by atoms with Crippen molar-refractivity contribution in [2.45, 2.75) is 6.42 Å². The van der Waals surface area contributed by atoms with Crippen LogP contribution in [0.25, 0.3) is 0 Å². The molecule has 1 fully saturated rings. The Balaban J connectivity index is 1.76. The summed E-state index contributed by atoms with van der Waals surface area (Å²) in [5, 5.41) is 3.80. The van der Waals surface area contributed by atoms with E-state index in [9.17, 15) is 9.59 Å². The Kier molecular flexibility index (Phi) is 4.93. The smallest absolute Gasteiger partial charge is 0.306 e. The fourth-order valence-electron chi connectivity index (χ4n) is 2.09. The highest BCUT2D eigenvalue weighted by molar-refractivity contribution is 7.08. The summed E-state index contributed by atoms with van der Waals surface area (Å²) in [4.78, 5) is 27.3. The highest BCUT2D eigenvalue weighted by Gasteiger charge is 2.22. The molecule has 2 rings (SSSR count). The summed E-state index contributed by atoms with van der Waals surface area (Å²) >= 11 is 1.54. The largest absolute Gasteiger partial charge is 0.469 e. The van der Waals surface area contributed by atoms with Crippen LogP contribution in [0.2, 0.25) is 0 Å². The Labute approximate surface area is 116 Å². The molecule has 0 spiro atoms. The predicted molar refractivity (Wildman–Crippen MR) is 73.3 cm³/mol. The molecule has 0 aromatic carbocycles. The van der Waals surface area contributed by atoms with E-state index in [1.807, 2.05) is 21.7 Å². The van der Waals surface area contributed by atoms with Gasteiger partial charge in [0.05, 0.1) is 19.1 Å². The molecule has 104 valence electrons. The van der Waals surface area contributed by atoms with Crippen LogP contribution in [0.5, 0.6) is 0 Å². The molecular weight excluding hydrogens is 264 g/mol. The zero-order valence-corrected chi connectivity index (χ0v) is 11.8. The van der Waals surface area contributed by atoms with Crippen molar-refractivity contribution >= 4 is 23.2 Å². The monoisotopic (exact) mass is 282 g/mol. The topological polar surface area (TPSA) is 49.9 Å². The number of rotatable bonds is 4. The molecule has 1 amide bonds. The lowest BCUT2D eigenvalue weighted by Crippen LogP contribution is -2.49. The van der Waals surface area contributed by atoms with Crippen LogP contribution in [0.4, 0.5) is 0 Å². The van der Waals surface area contributed by atoms with Crippen LogP contribution in [0.1, 0.15) is 16.8 Å². The first-order valence-electron chi connectivity index (χ1n) is 6.31. The lowest BCUT2D eigenvalue weighted by Gasteiger charge is -2.34.